The second-order valence-electron chi connectivity index (χ2n) is 6.71. The molecular formula is C21H21N3O3S2. The summed E-state index contributed by atoms with van der Waals surface area (Å²) in [5, 5.41) is 1.03. The van der Waals surface area contributed by atoms with Crippen molar-refractivity contribution < 1.29 is 13.2 Å². The molecule has 0 N–H and O–H groups in total. The first-order valence-corrected chi connectivity index (χ1v) is 11.8. The molecule has 0 unspecified atom stereocenters. The number of piperazine rings is 1. The molecule has 29 heavy (non-hydrogen) atoms. The van der Waals surface area contributed by atoms with Crippen LogP contribution in [0.1, 0.15) is 0 Å². The van der Waals surface area contributed by atoms with E-state index in [-0.39, 0.29) is 5.91 Å². The molecule has 0 saturated carbocycles. The Hall–Kier alpha value is -2.42. The number of sulfonamides is 1. The Morgan fingerprint density at radius 3 is 2.38 bits per heavy atom. The molecule has 8 heteroatoms. The average Bonchev–Trinajstić information content (AvgIpc) is 2.78. The number of para-hydroxylation sites is 1. The van der Waals surface area contributed by atoms with Crippen LogP contribution in [0.25, 0.3) is 10.9 Å². The van der Waals surface area contributed by atoms with Crippen LogP contribution < -0.4 is 0 Å². The van der Waals surface area contributed by atoms with Gasteiger partial charge in [0.2, 0.25) is 15.9 Å². The molecule has 0 radical (unpaired) electrons. The van der Waals surface area contributed by atoms with Gasteiger partial charge in [-0.1, -0.05) is 36.4 Å². The lowest BCUT2D eigenvalue weighted by Crippen LogP contribution is -2.50. The van der Waals surface area contributed by atoms with Crippen molar-refractivity contribution in [2.45, 2.75) is 9.79 Å². The molecule has 1 saturated heterocycles. The van der Waals surface area contributed by atoms with Crippen molar-refractivity contribution in [3.63, 3.8) is 0 Å². The van der Waals surface area contributed by atoms with E-state index in [0.29, 0.717) is 36.8 Å². The van der Waals surface area contributed by atoms with E-state index in [1.807, 2.05) is 30.3 Å². The number of hydrogen-bond donors (Lipinski definition) is 0. The maximum atomic E-state index is 12.7. The van der Waals surface area contributed by atoms with E-state index >= 15 is 0 Å². The van der Waals surface area contributed by atoms with Crippen molar-refractivity contribution in [3.8, 4) is 0 Å². The molecule has 1 aliphatic rings. The Morgan fingerprint density at radius 1 is 0.931 bits per heavy atom. The zero-order valence-electron chi connectivity index (χ0n) is 15.8. The molecule has 4 rings (SSSR count). The Balaban J connectivity index is 1.36. The zero-order valence-corrected chi connectivity index (χ0v) is 17.4. The Morgan fingerprint density at radius 2 is 1.62 bits per heavy atom. The second kappa shape index (κ2) is 8.52. The average molecular weight is 428 g/mol. The summed E-state index contributed by atoms with van der Waals surface area (Å²) in [6.07, 6.45) is 1.75. The maximum absolute atomic E-state index is 12.7. The van der Waals surface area contributed by atoms with Gasteiger partial charge in [0.25, 0.3) is 0 Å². The summed E-state index contributed by atoms with van der Waals surface area (Å²) in [4.78, 5) is 20.1. The third-order valence-electron chi connectivity index (χ3n) is 4.93. The van der Waals surface area contributed by atoms with E-state index in [2.05, 4.69) is 4.98 Å². The van der Waals surface area contributed by atoms with E-state index in [4.69, 9.17) is 0 Å². The van der Waals surface area contributed by atoms with Crippen LogP contribution in [-0.4, -0.2) is 60.4 Å². The molecule has 2 aromatic carbocycles. The summed E-state index contributed by atoms with van der Waals surface area (Å²) < 4.78 is 26.9. The van der Waals surface area contributed by atoms with Crippen LogP contribution in [0, 0.1) is 0 Å². The van der Waals surface area contributed by atoms with Gasteiger partial charge in [0.05, 0.1) is 16.2 Å². The fourth-order valence-corrected chi connectivity index (χ4v) is 5.74. The van der Waals surface area contributed by atoms with Gasteiger partial charge in [-0.05, 0) is 24.3 Å². The van der Waals surface area contributed by atoms with E-state index in [1.165, 1.54) is 16.1 Å². The number of thioether (sulfide) groups is 1. The van der Waals surface area contributed by atoms with Crippen LogP contribution in [-0.2, 0) is 14.8 Å². The van der Waals surface area contributed by atoms with Crippen molar-refractivity contribution in [2.75, 3.05) is 31.9 Å². The van der Waals surface area contributed by atoms with Crippen molar-refractivity contribution in [1.29, 1.82) is 0 Å². The zero-order chi connectivity index (χ0) is 20.3. The number of aromatic nitrogens is 1. The molecule has 1 amide bonds. The number of pyridine rings is 1. The van der Waals surface area contributed by atoms with E-state index < -0.39 is 10.0 Å². The van der Waals surface area contributed by atoms with Gasteiger partial charge in [-0.3, -0.25) is 9.78 Å². The van der Waals surface area contributed by atoms with Crippen molar-refractivity contribution in [1.82, 2.24) is 14.2 Å². The highest BCUT2D eigenvalue weighted by Crippen LogP contribution is 2.27. The second-order valence-corrected chi connectivity index (χ2v) is 9.67. The standard InChI is InChI=1S/C21H21N3O3S2/c25-21(16-28-20-10-11-22-19-9-5-4-8-18(19)20)23-12-14-24(15-13-23)29(26,27)17-6-2-1-3-7-17/h1-11H,12-16H2. The Bertz CT molecular complexity index is 1110. The largest absolute Gasteiger partial charge is 0.339 e. The summed E-state index contributed by atoms with van der Waals surface area (Å²) in [5.74, 6) is 0.340. The summed E-state index contributed by atoms with van der Waals surface area (Å²) in [5.41, 5.74) is 0.907. The monoisotopic (exact) mass is 427 g/mol. The van der Waals surface area contributed by atoms with Crippen molar-refractivity contribution in [2.24, 2.45) is 0 Å². The number of carbonyl (C=O) groups is 1. The summed E-state index contributed by atoms with van der Waals surface area (Å²) in [7, 11) is -3.51. The van der Waals surface area contributed by atoms with Gasteiger partial charge in [0.1, 0.15) is 0 Å². The van der Waals surface area contributed by atoms with Crippen LogP contribution >= 0.6 is 11.8 Å². The van der Waals surface area contributed by atoms with E-state index in [9.17, 15) is 13.2 Å². The molecule has 1 aromatic heterocycles. The molecule has 0 spiro atoms. The third kappa shape index (κ3) is 4.29. The number of benzene rings is 2. The molecule has 1 aliphatic heterocycles. The lowest BCUT2D eigenvalue weighted by Gasteiger charge is -2.34. The minimum absolute atomic E-state index is 0.0210. The van der Waals surface area contributed by atoms with E-state index in [0.717, 1.165) is 15.8 Å². The highest BCUT2D eigenvalue weighted by molar-refractivity contribution is 8.00. The fourth-order valence-electron chi connectivity index (χ4n) is 3.35. The van der Waals surface area contributed by atoms with Crippen molar-refractivity contribution in [3.05, 3.63) is 66.9 Å². The predicted molar refractivity (Wildman–Crippen MR) is 114 cm³/mol. The van der Waals surface area contributed by atoms with Crippen LogP contribution in [0.5, 0.6) is 0 Å². The van der Waals surface area contributed by atoms with Crippen LogP contribution in [0.3, 0.4) is 0 Å². The molecule has 2 heterocycles. The smallest absolute Gasteiger partial charge is 0.243 e. The molecule has 1 fully saturated rings. The summed E-state index contributed by atoms with van der Waals surface area (Å²) in [6.45, 7) is 1.43. The molecule has 0 aliphatic carbocycles. The number of hydrogen-bond acceptors (Lipinski definition) is 5. The van der Waals surface area contributed by atoms with Gasteiger partial charge in [0, 0.05) is 42.7 Å². The molecule has 6 nitrogen and oxygen atoms in total. The number of amides is 1. The SMILES string of the molecule is O=C(CSc1ccnc2ccccc12)N1CCN(S(=O)(=O)c2ccccc2)CC1. The lowest BCUT2D eigenvalue weighted by molar-refractivity contribution is -0.129. The first-order chi connectivity index (χ1) is 14.1. The topological polar surface area (TPSA) is 70.6 Å². The minimum atomic E-state index is -3.51. The molecule has 0 bridgehead atoms. The Kier molecular flexibility index (Phi) is 5.84. The number of carbonyl (C=O) groups excluding carboxylic acids is 1. The third-order valence-corrected chi connectivity index (χ3v) is 7.90. The number of rotatable bonds is 5. The summed E-state index contributed by atoms with van der Waals surface area (Å²) >= 11 is 1.49. The first kappa shape index (κ1) is 19.9. The quantitative estimate of drug-likeness (QED) is 0.586. The minimum Gasteiger partial charge on any atom is -0.339 e. The number of nitrogens with zero attached hydrogens (tertiary/aromatic N) is 3. The van der Waals surface area contributed by atoms with Gasteiger partial charge < -0.3 is 4.90 Å². The molecular weight excluding hydrogens is 406 g/mol. The highest BCUT2D eigenvalue weighted by Gasteiger charge is 2.29. The van der Waals surface area contributed by atoms with Crippen LogP contribution in [0.15, 0.2) is 76.7 Å². The van der Waals surface area contributed by atoms with Gasteiger partial charge in [-0.15, -0.1) is 11.8 Å². The lowest BCUT2D eigenvalue weighted by atomic mass is 10.2. The van der Waals surface area contributed by atoms with Crippen molar-refractivity contribution >= 4 is 38.6 Å². The van der Waals surface area contributed by atoms with Crippen LogP contribution in [0.4, 0.5) is 0 Å². The predicted octanol–water partition coefficient (Wildman–Crippen LogP) is 2.86. The molecule has 0 atom stereocenters. The van der Waals surface area contributed by atoms with Gasteiger partial charge in [-0.25, -0.2) is 8.42 Å². The highest BCUT2D eigenvalue weighted by atomic mass is 32.2. The number of fused-ring (bicyclic) bond motifs is 1. The molecule has 150 valence electrons. The fraction of sp³-hybridized carbons (Fsp3) is 0.238. The van der Waals surface area contributed by atoms with Crippen LogP contribution in [0.2, 0.25) is 0 Å². The van der Waals surface area contributed by atoms with Gasteiger partial charge >= 0.3 is 0 Å². The first-order valence-electron chi connectivity index (χ1n) is 9.35. The Labute approximate surface area is 174 Å². The normalized spacial score (nSPS) is 15.5. The maximum Gasteiger partial charge on any atom is 0.243 e. The van der Waals surface area contributed by atoms with Gasteiger partial charge in [-0.2, -0.15) is 4.31 Å². The van der Waals surface area contributed by atoms with Gasteiger partial charge in [0.15, 0.2) is 0 Å². The summed E-state index contributed by atoms with van der Waals surface area (Å²) in [6, 6.07) is 18.2. The van der Waals surface area contributed by atoms with E-state index in [1.54, 1.807) is 41.4 Å². The molecule has 3 aromatic rings.